The molecule has 5 fully saturated rings. The molecule has 3 heterocycles. The van der Waals surface area contributed by atoms with E-state index in [1.165, 1.54) is 0 Å². The largest absolute Gasteiger partial charge is 0.365 e. The van der Waals surface area contributed by atoms with Gasteiger partial charge < -0.3 is 26.2 Å². The SMILES string of the molecule is CC1(C)C=C(NC2(C3CCCS3(=O)=O)CCCCC2)NC1C(=O)N1CCCC1C(=O)NC(CC1CC1)C(=O)C(=O)NC1CC1. The van der Waals surface area contributed by atoms with E-state index in [2.05, 4.69) is 21.3 Å². The first-order valence-electron chi connectivity index (χ1n) is 16.8. The maximum absolute atomic E-state index is 14.1. The van der Waals surface area contributed by atoms with Crippen LogP contribution in [0.1, 0.15) is 104 Å². The highest BCUT2D eigenvalue weighted by Crippen LogP contribution is 2.42. The van der Waals surface area contributed by atoms with Crippen LogP contribution in [0.4, 0.5) is 0 Å². The summed E-state index contributed by atoms with van der Waals surface area (Å²) in [6.07, 6.45) is 13.2. The van der Waals surface area contributed by atoms with Crippen molar-refractivity contribution in [1.29, 1.82) is 0 Å². The molecule has 2 saturated heterocycles. The van der Waals surface area contributed by atoms with Crippen LogP contribution >= 0.6 is 0 Å². The molecule has 0 aromatic carbocycles. The van der Waals surface area contributed by atoms with Gasteiger partial charge in [-0.2, -0.15) is 0 Å². The second-order valence-electron chi connectivity index (χ2n) is 14.8. The van der Waals surface area contributed by atoms with Gasteiger partial charge in [0.15, 0.2) is 9.84 Å². The number of ketones is 1. The number of hydrogen-bond donors (Lipinski definition) is 4. The number of hydrogen-bond acceptors (Lipinski definition) is 8. The van der Waals surface area contributed by atoms with Crippen molar-refractivity contribution in [2.45, 2.75) is 139 Å². The number of amides is 3. The first-order chi connectivity index (χ1) is 20.9. The highest BCUT2D eigenvalue weighted by Gasteiger charge is 2.51. The Morgan fingerprint density at radius 1 is 0.977 bits per heavy atom. The van der Waals surface area contributed by atoms with E-state index in [0.717, 1.165) is 57.8 Å². The zero-order valence-electron chi connectivity index (χ0n) is 26.2. The van der Waals surface area contributed by atoms with Crippen LogP contribution in [0.5, 0.6) is 0 Å². The van der Waals surface area contributed by atoms with E-state index < -0.39 is 55.9 Å². The fraction of sp³-hybridized carbons (Fsp3) is 0.812. The predicted octanol–water partition coefficient (Wildman–Crippen LogP) is 1.82. The molecule has 6 rings (SSSR count). The molecule has 3 aliphatic heterocycles. The molecule has 0 aromatic heterocycles. The number of nitrogens with one attached hydrogen (secondary N) is 4. The Kier molecular flexibility index (Phi) is 8.51. The summed E-state index contributed by atoms with van der Waals surface area (Å²) < 4.78 is 26.1. The Hall–Kier alpha value is -2.63. The summed E-state index contributed by atoms with van der Waals surface area (Å²) in [6, 6.07) is -2.18. The fourth-order valence-electron chi connectivity index (χ4n) is 7.98. The van der Waals surface area contributed by atoms with Crippen molar-refractivity contribution >= 4 is 33.3 Å². The number of nitrogens with zero attached hydrogens (tertiary/aromatic N) is 1. The summed E-state index contributed by atoms with van der Waals surface area (Å²) >= 11 is 0. The average molecular weight is 632 g/mol. The highest BCUT2D eigenvalue weighted by atomic mass is 32.2. The van der Waals surface area contributed by atoms with Gasteiger partial charge in [0.1, 0.15) is 12.1 Å². The zero-order chi connectivity index (χ0) is 31.3. The molecule has 11 nitrogen and oxygen atoms in total. The molecule has 3 aliphatic carbocycles. The Morgan fingerprint density at radius 3 is 2.34 bits per heavy atom. The number of likely N-dealkylation sites (tertiary alicyclic amines) is 1. The lowest BCUT2D eigenvalue weighted by Gasteiger charge is -2.43. The van der Waals surface area contributed by atoms with E-state index in [4.69, 9.17) is 0 Å². The molecule has 3 saturated carbocycles. The van der Waals surface area contributed by atoms with Gasteiger partial charge in [-0.25, -0.2) is 8.42 Å². The highest BCUT2D eigenvalue weighted by molar-refractivity contribution is 7.92. The van der Waals surface area contributed by atoms with Gasteiger partial charge in [-0.15, -0.1) is 0 Å². The van der Waals surface area contributed by atoms with Crippen molar-refractivity contribution in [2.24, 2.45) is 11.3 Å². The minimum atomic E-state index is -3.19. The third-order valence-corrected chi connectivity index (χ3v) is 13.2. The topological polar surface area (TPSA) is 154 Å². The molecule has 0 aromatic rings. The van der Waals surface area contributed by atoms with E-state index in [1.807, 2.05) is 19.9 Å². The number of carbonyl (C=O) groups is 4. The van der Waals surface area contributed by atoms with Crippen LogP contribution in [-0.2, 0) is 29.0 Å². The lowest BCUT2D eigenvalue weighted by atomic mass is 9.77. The van der Waals surface area contributed by atoms with Crippen molar-refractivity contribution in [3.63, 3.8) is 0 Å². The van der Waals surface area contributed by atoms with Gasteiger partial charge in [-0.05, 0) is 69.8 Å². The maximum Gasteiger partial charge on any atom is 0.289 e. The van der Waals surface area contributed by atoms with Crippen molar-refractivity contribution in [2.75, 3.05) is 12.3 Å². The third kappa shape index (κ3) is 6.51. The summed E-state index contributed by atoms with van der Waals surface area (Å²) in [4.78, 5) is 54.9. The molecular formula is C32H49N5O6S. The summed E-state index contributed by atoms with van der Waals surface area (Å²) in [6.45, 7) is 4.39. The minimum Gasteiger partial charge on any atom is -0.365 e. The van der Waals surface area contributed by atoms with Crippen LogP contribution < -0.4 is 21.3 Å². The summed E-state index contributed by atoms with van der Waals surface area (Å²) in [7, 11) is -3.19. The van der Waals surface area contributed by atoms with E-state index in [9.17, 15) is 27.6 Å². The van der Waals surface area contributed by atoms with Gasteiger partial charge in [0, 0.05) is 18.0 Å². The third-order valence-electron chi connectivity index (χ3n) is 10.8. The smallest absolute Gasteiger partial charge is 0.289 e. The van der Waals surface area contributed by atoms with Crippen LogP contribution in [-0.4, -0.2) is 84.1 Å². The molecule has 0 radical (unpaired) electrons. The van der Waals surface area contributed by atoms with Gasteiger partial charge in [-0.1, -0.05) is 46.0 Å². The van der Waals surface area contributed by atoms with E-state index in [1.54, 1.807) is 4.90 Å². The summed E-state index contributed by atoms with van der Waals surface area (Å²) in [5.74, 6) is -0.570. The maximum atomic E-state index is 14.1. The van der Waals surface area contributed by atoms with Gasteiger partial charge in [0.25, 0.3) is 5.91 Å². The summed E-state index contributed by atoms with van der Waals surface area (Å²) in [5, 5.41) is 12.2. The van der Waals surface area contributed by atoms with E-state index in [-0.39, 0.29) is 23.6 Å². The Morgan fingerprint density at radius 2 is 1.70 bits per heavy atom. The second kappa shape index (κ2) is 11.9. The first-order valence-corrected chi connectivity index (χ1v) is 18.5. The molecule has 0 bridgehead atoms. The number of Topliss-reactive ketones (excluding diaryl/α,β-unsaturated/α-hetero) is 1. The molecule has 3 amide bonds. The molecule has 44 heavy (non-hydrogen) atoms. The van der Waals surface area contributed by atoms with Gasteiger partial charge in [-0.3, -0.25) is 19.2 Å². The zero-order valence-corrected chi connectivity index (χ0v) is 27.0. The quantitative estimate of drug-likeness (QED) is 0.252. The lowest BCUT2D eigenvalue weighted by molar-refractivity contribution is -0.143. The normalized spacial score (nSPS) is 31.0. The summed E-state index contributed by atoms with van der Waals surface area (Å²) in [5.41, 5.74) is -1.13. The monoisotopic (exact) mass is 631 g/mol. The number of sulfone groups is 1. The Bertz CT molecular complexity index is 1310. The molecule has 4 N–H and O–H groups in total. The van der Waals surface area contributed by atoms with Crippen LogP contribution in [0, 0.1) is 11.3 Å². The molecule has 0 spiro atoms. The molecule has 4 atom stereocenters. The first kappa shape index (κ1) is 31.4. The number of rotatable bonds is 11. The predicted molar refractivity (Wildman–Crippen MR) is 165 cm³/mol. The average Bonchev–Trinajstić information content (AvgIpc) is 3.85. The second-order valence-corrected chi connectivity index (χ2v) is 17.1. The molecule has 4 unspecified atom stereocenters. The molecule has 244 valence electrons. The van der Waals surface area contributed by atoms with E-state index in [0.29, 0.717) is 50.4 Å². The van der Waals surface area contributed by atoms with Crippen molar-refractivity contribution < 1.29 is 27.6 Å². The Labute approximate surface area is 261 Å². The number of carbonyl (C=O) groups excluding carboxylic acids is 4. The molecule has 12 heteroatoms. The van der Waals surface area contributed by atoms with Gasteiger partial charge >= 0.3 is 0 Å². The fourth-order valence-corrected chi connectivity index (χ4v) is 10.3. The lowest BCUT2D eigenvalue weighted by Crippen LogP contribution is -2.59. The molecular weight excluding hydrogens is 582 g/mol. The minimum absolute atomic E-state index is 0.0532. The van der Waals surface area contributed by atoms with Crippen LogP contribution in [0.3, 0.4) is 0 Å². The van der Waals surface area contributed by atoms with Crippen LogP contribution in [0.25, 0.3) is 0 Å². The standard InChI is InChI=1S/C32H49N5O6S/c1-31(2)19-25(36-32(14-4-3-5-15-32)24-9-7-17-44(24,42)43)35-27(31)30(41)37-16-6-8-23(37)28(39)34-22(18-20-10-11-20)26(38)29(40)33-21-12-13-21/h19-24,27,35-36H,3-18H2,1-2H3,(H,33,40)(H,34,39). The van der Waals surface area contributed by atoms with Crippen molar-refractivity contribution in [3.8, 4) is 0 Å². The van der Waals surface area contributed by atoms with Crippen LogP contribution in [0.2, 0.25) is 0 Å². The Balaban J connectivity index is 1.13. The van der Waals surface area contributed by atoms with Crippen molar-refractivity contribution in [1.82, 2.24) is 26.2 Å². The molecule has 6 aliphatic rings. The van der Waals surface area contributed by atoms with Gasteiger partial charge in [0.2, 0.25) is 17.6 Å². The van der Waals surface area contributed by atoms with Gasteiger partial charge in [0.05, 0.1) is 28.4 Å². The van der Waals surface area contributed by atoms with Crippen LogP contribution in [0.15, 0.2) is 11.9 Å². The van der Waals surface area contributed by atoms with E-state index >= 15 is 0 Å². The van der Waals surface area contributed by atoms with Crippen molar-refractivity contribution in [3.05, 3.63) is 11.9 Å².